The average molecular weight is 422 g/mol. The van der Waals surface area contributed by atoms with Crippen LogP contribution in [0.5, 0.6) is 0 Å². The van der Waals surface area contributed by atoms with Crippen molar-refractivity contribution < 1.29 is 22.8 Å². The first kappa shape index (κ1) is 21.2. The van der Waals surface area contributed by atoms with E-state index in [1.54, 1.807) is 24.3 Å². The molecule has 0 aliphatic carbocycles. The van der Waals surface area contributed by atoms with Crippen LogP contribution < -0.4 is 10.6 Å². The molecule has 0 saturated heterocycles. The Kier molecular flexibility index (Phi) is 6.52. The lowest BCUT2D eigenvalue weighted by Gasteiger charge is -2.20. The number of rotatable bonds is 5. The summed E-state index contributed by atoms with van der Waals surface area (Å²) in [6.07, 6.45) is -2.85. The van der Waals surface area contributed by atoms with Crippen LogP contribution >= 0.6 is 11.8 Å². The summed E-state index contributed by atoms with van der Waals surface area (Å²) in [6, 6.07) is 9.53. The van der Waals surface area contributed by atoms with Crippen LogP contribution in [-0.2, 0) is 11.0 Å². The number of hydrogen-bond acceptors (Lipinski definition) is 3. The molecule has 4 nitrogen and oxygen atoms in total. The van der Waals surface area contributed by atoms with Gasteiger partial charge in [-0.15, -0.1) is 11.8 Å². The van der Waals surface area contributed by atoms with Crippen LogP contribution in [0, 0.1) is 0 Å². The fourth-order valence-corrected chi connectivity index (χ4v) is 4.08. The Labute approximate surface area is 171 Å². The Morgan fingerprint density at radius 2 is 2.03 bits per heavy atom. The number of alkyl halides is 3. The highest BCUT2D eigenvalue weighted by molar-refractivity contribution is 7.99. The van der Waals surface area contributed by atoms with E-state index in [1.165, 1.54) is 17.8 Å². The second-order valence-electron chi connectivity index (χ2n) is 6.80. The molecule has 8 heteroatoms. The van der Waals surface area contributed by atoms with Gasteiger partial charge in [-0.25, -0.2) is 0 Å². The van der Waals surface area contributed by atoms with Crippen LogP contribution in [0.2, 0.25) is 0 Å². The Bertz CT molecular complexity index is 915. The van der Waals surface area contributed by atoms with Gasteiger partial charge in [-0.2, -0.15) is 13.2 Å². The third-order valence-electron chi connectivity index (χ3n) is 4.60. The lowest BCUT2D eigenvalue weighted by Crippen LogP contribution is -2.29. The quantitative estimate of drug-likeness (QED) is 0.677. The highest BCUT2D eigenvalue weighted by Gasteiger charge is 2.31. The Hall–Kier alpha value is -2.48. The number of halogens is 3. The van der Waals surface area contributed by atoms with Crippen molar-refractivity contribution in [2.45, 2.75) is 43.3 Å². The van der Waals surface area contributed by atoms with Crippen LogP contribution in [0.4, 0.5) is 18.9 Å². The number of nitrogens with one attached hydrogen (secondary N) is 2. The standard InChI is InChI=1S/C21H21F3N2O2S/c1-2-4-16(13-5-3-6-15(11-13)21(22,23)24)26-20(28)14-7-8-18-17(12-14)25-19(27)9-10-29-18/h3,5-8,11-12,16H,2,4,9-10H2,1H3,(H,25,27)(H,26,28). The summed E-state index contributed by atoms with van der Waals surface area (Å²) in [5, 5.41) is 5.62. The van der Waals surface area contributed by atoms with E-state index in [4.69, 9.17) is 0 Å². The highest BCUT2D eigenvalue weighted by atomic mass is 32.2. The van der Waals surface area contributed by atoms with Crippen LogP contribution in [0.25, 0.3) is 0 Å². The number of benzene rings is 2. The minimum atomic E-state index is -4.44. The van der Waals surface area contributed by atoms with E-state index in [0.717, 1.165) is 17.0 Å². The summed E-state index contributed by atoms with van der Waals surface area (Å²) >= 11 is 1.53. The van der Waals surface area contributed by atoms with E-state index < -0.39 is 23.7 Å². The maximum atomic E-state index is 13.0. The van der Waals surface area contributed by atoms with Crippen LogP contribution in [0.3, 0.4) is 0 Å². The topological polar surface area (TPSA) is 58.2 Å². The van der Waals surface area contributed by atoms with E-state index in [1.807, 2.05) is 6.92 Å². The summed E-state index contributed by atoms with van der Waals surface area (Å²) in [4.78, 5) is 25.4. The predicted octanol–water partition coefficient (Wildman–Crippen LogP) is 5.41. The lowest BCUT2D eigenvalue weighted by molar-refractivity contribution is -0.137. The van der Waals surface area contributed by atoms with E-state index in [9.17, 15) is 22.8 Å². The summed E-state index contributed by atoms with van der Waals surface area (Å²) in [6.45, 7) is 1.90. The molecule has 0 fully saturated rings. The molecule has 0 radical (unpaired) electrons. The first-order chi connectivity index (χ1) is 13.8. The van der Waals surface area contributed by atoms with Crippen molar-refractivity contribution in [1.82, 2.24) is 5.32 Å². The van der Waals surface area contributed by atoms with Gasteiger partial charge in [0.15, 0.2) is 0 Å². The molecule has 2 amide bonds. The summed E-state index contributed by atoms with van der Waals surface area (Å²) in [5.74, 6) is 0.159. The SMILES string of the molecule is CCCC(NC(=O)c1ccc2c(c1)NC(=O)CCS2)c1cccc(C(F)(F)F)c1. The van der Waals surface area contributed by atoms with Gasteiger partial charge in [0.25, 0.3) is 5.91 Å². The smallest absolute Gasteiger partial charge is 0.345 e. The Morgan fingerprint density at radius 1 is 1.24 bits per heavy atom. The second kappa shape index (κ2) is 8.90. The molecular weight excluding hydrogens is 401 g/mol. The Morgan fingerprint density at radius 3 is 2.76 bits per heavy atom. The monoisotopic (exact) mass is 422 g/mol. The molecule has 1 heterocycles. The summed E-state index contributed by atoms with van der Waals surface area (Å²) < 4.78 is 39.1. The lowest BCUT2D eigenvalue weighted by atomic mass is 9.99. The van der Waals surface area contributed by atoms with Crippen molar-refractivity contribution >= 4 is 29.3 Å². The van der Waals surface area contributed by atoms with Crippen LogP contribution in [0.15, 0.2) is 47.4 Å². The van der Waals surface area contributed by atoms with E-state index >= 15 is 0 Å². The van der Waals surface area contributed by atoms with E-state index in [2.05, 4.69) is 10.6 Å². The molecule has 29 heavy (non-hydrogen) atoms. The molecule has 1 aliphatic rings. The number of hydrogen-bond donors (Lipinski definition) is 2. The van der Waals surface area contributed by atoms with Gasteiger partial charge in [0.05, 0.1) is 17.3 Å². The number of amides is 2. The van der Waals surface area contributed by atoms with Crippen LogP contribution in [0.1, 0.15) is 53.7 Å². The van der Waals surface area contributed by atoms with Crippen molar-refractivity contribution in [3.05, 3.63) is 59.2 Å². The number of fused-ring (bicyclic) bond motifs is 1. The molecule has 0 aromatic heterocycles. The molecule has 2 aromatic carbocycles. The molecule has 0 bridgehead atoms. The number of carbonyl (C=O) groups is 2. The molecule has 2 aromatic rings. The normalized spacial score (nSPS) is 15.1. The number of thioether (sulfide) groups is 1. The molecule has 0 saturated carbocycles. The number of anilines is 1. The molecule has 154 valence electrons. The third kappa shape index (κ3) is 5.32. The average Bonchev–Trinajstić information content (AvgIpc) is 2.86. The minimum absolute atomic E-state index is 0.110. The minimum Gasteiger partial charge on any atom is -0.345 e. The third-order valence-corrected chi connectivity index (χ3v) is 5.68. The number of carbonyl (C=O) groups excluding carboxylic acids is 2. The summed E-state index contributed by atoms with van der Waals surface area (Å²) in [5.41, 5.74) is 0.597. The van der Waals surface area contributed by atoms with E-state index in [0.29, 0.717) is 41.8 Å². The van der Waals surface area contributed by atoms with Gasteiger partial charge in [0, 0.05) is 22.6 Å². The molecular formula is C21H21F3N2O2S. The molecule has 1 atom stereocenters. The van der Waals surface area contributed by atoms with Crippen molar-refractivity contribution in [3.63, 3.8) is 0 Å². The largest absolute Gasteiger partial charge is 0.416 e. The predicted molar refractivity (Wildman–Crippen MR) is 107 cm³/mol. The Balaban J connectivity index is 1.83. The maximum absolute atomic E-state index is 13.0. The second-order valence-corrected chi connectivity index (χ2v) is 7.93. The molecule has 1 aliphatic heterocycles. The van der Waals surface area contributed by atoms with Gasteiger partial charge < -0.3 is 10.6 Å². The first-order valence-electron chi connectivity index (χ1n) is 9.32. The highest BCUT2D eigenvalue weighted by Crippen LogP contribution is 2.33. The van der Waals surface area contributed by atoms with Crippen molar-refractivity contribution in [2.24, 2.45) is 0 Å². The molecule has 1 unspecified atom stereocenters. The fraction of sp³-hybridized carbons (Fsp3) is 0.333. The fourth-order valence-electron chi connectivity index (χ4n) is 3.15. The maximum Gasteiger partial charge on any atom is 0.416 e. The zero-order valence-corrected chi connectivity index (χ0v) is 16.6. The summed E-state index contributed by atoms with van der Waals surface area (Å²) in [7, 11) is 0. The zero-order valence-electron chi connectivity index (χ0n) is 15.8. The molecule has 0 spiro atoms. The zero-order chi connectivity index (χ0) is 21.0. The van der Waals surface area contributed by atoms with Gasteiger partial charge in [0.2, 0.25) is 5.91 Å². The van der Waals surface area contributed by atoms with E-state index in [-0.39, 0.29) is 5.91 Å². The molecule has 2 N–H and O–H groups in total. The van der Waals surface area contributed by atoms with Gasteiger partial charge in [-0.1, -0.05) is 25.5 Å². The van der Waals surface area contributed by atoms with Gasteiger partial charge in [0.1, 0.15) is 0 Å². The van der Waals surface area contributed by atoms with Crippen molar-refractivity contribution in [1.29, 1.82) is 0 Å². The van der Waals surface area contributed by atoms with Gasteiger partial charge >= 0.3 is 6.18 Å². The molecule has 3 rings (SSSR count). The van der Waals surface area contributed by atoms with Gasteiger partial charge in [-0.3, -0.25) is 9.59 Å². The van der Waals surface area contributed by atoms with Gasteiger partial charge in [-0.05, 0) is 42.3 Å². The first-order valence-corrected chi connectivity index (χ1v) is 10.3. The van der Waals surface area contributed by atoms with Crippen molar-refractivity contribution in [2.75, 3.05) is 11.1 Å². The van der Waals surface area contributed by atoms with Crippen LogP contribution in [-0.4, -0.2) is 17.6 Å². The van der Waals surface area contributed by atoms with Crippen molar-refractivity contribution in [3.8, 4) is 0 Å².